The van der Waals surface area contributed by atoms with Crippen LogP contribution in [0.15, 0.2) is 29.5 Å². The van der Waals surface area contributed by atoms with Crippen LogP contribution in [0.2, 0.25) is 5.02 Å². The zero-order chi connectivity index (χ0) is 18.4. The number of thiazole rings is 1. The van der Waals surface area contributed by atoms with Gasteiger partial charge in [0.1, 0.15) is 5.82 Å². The summed E-state index contributed by atoms with van der Waals surface area (Å²) in [4.78, 5) is 16.7. The van der Waals surface area contributed by atoms with Crippen LogP contribution in [0, 0.1) is 0 Å². The number of hydrogen-bond donors (Lipinski definition) is 2. The largest absolute Gasteiger partial charge is 0.356 e. The number of rotatable bonds is 6. The standard InChI is InChI=1S/C18H25ClN6S/c1-3-14-11-23-16(26-14)6-9-22-18(20-2)24-13-7-10-25(12-13)17-15(19)5-4-8-21-17/h4-5,8,11,13H,3,6-7,9-10,12H2,1-2H3,(H2,20,22,24). The first-order valence-corrected chi connectivity index (χ1v) is 10.1. The van der Waals surface area contributed by atoms with Crippen LogP contribution in [0.25, 0.3) is 0 Å². The first-order chi connectivity index (χ1) is 12.7. The predicted molar refractivity (Wildman–Crippen MR) is 110 cm³/mol. The molecule has 0 aromatic carbocycles. The Kier molecular flexibility index (Phi) is 6.68. The van der Waals surface area contributed by atoms with Gasteiger partial charge in [-0.3, -0.25) is 4.99 Å². The van der Waals surface area contributed by atoms with Crippen LogP contribution in [-0.2, 0) is 12.8 Å². The van der Waals surface area contributed by atoms with E-state index >= 15 is 0 Å². The van der Waals surface area contributed by atoms with Crippen molar-refractivity contribution in [1.82, 2.24) is 20.6 Å². The molecular weight excluding hydrogens is 368 g/mol. The Morgan fingerprint density at radius 1 is 1.46 bits per heavy atom. The van der Waals surface area contributed by atoms with Gasteiger partial charge in [-0.1, -0.05) is 18.5 Å². The maximum Gasteiger partial charge on any atom is 0.191 e. The lowest BCUT2D eigenvalue weighted by molar-refractivity contribution is 0.648. The van der Waals surface area contributed by atoms with E-state index in [0.29, 0.717) is 11.1 Å². The van der Waals surface area contributed by atoms with E-state index in [-0.39, 0.29) is 0 Å². The lowest BCUT2D eigenvalue weighted by Crippen LogP contribution is -2.45. The monoisotopic (exact) mass is 392 g/mol. The maximum atomic E-state index is 6.26. The van der Waals surface area contributed by atoms with Gasteiger partial charge in [0, 0.05) is 56.4 Å². The summed E-state index contributed by atoms with van der Waals surface area (Å²) in [6, 6.07) is 4.06. The number of aliphatic imine (C=N–C) groups is 1. The van der Waals surface area contributed by atoms with Gasteiger partial charge in [-0.2, -0.15) is 0 Å². The summed E-state index contributed by atoms with van der Waals surface area (Å²) < 4.78 is 0. The summed E-state index contributed by atoms with van der Waals surface area (Å²) >= 11 is 8.05. The molecule has 0 aliphatic carbocycles. The average Bonchev–Trinajstić information content (AvgIpc) is 3.30. The van der Waals surface area contributed by atoms with Gasteiger partial charge < -0.3 is 15.5 Å². The zero-order valence-corrected chi connectivity index (χ0v) is 16.8. The molecule has 1 aliphatic heterocycles. The molecule has 2 N–H and O–H groups in total. The molecule has 2 aromatic heterocycles. The van der Waals surface area contributed by atoms with E-state index in [9.17, 15) is 0 Å². The second-order valence-corrected chi connectivity index (χ2v) is 7.81. The third-order valence-corrected chi connectivity index (χ3v) is 5.87. The van der Waals surface area contributed by atoms with E-state index in [2.05, 4.69) is 37.4 Å². The minimum absolute atomic E-state index is 0.325. The maximum absolute atomic E-state index is 6.26. The zero-order valence-electron chi connectivity index (χ0n) is 15.2. The fourth-order valence-corrected chi connectivity index (χ4v) is 4.09. The number of guanidine groups is 1. The molecule has 0 amide bonds. The molecule has 0 radical (unpaired) electrons. The molecule has 0 bridgehead atoms. The van der Waals surface area contributed by atoms with Crippen molar-refractivity contribution in [2.75, 3.05) is 31.6 Å². The minimum Gasteiger partial charge on any atom is -0.356 e. The number of aromatic nitrogens is 2. The van der Waals surface area contributed by atoms with Gasteiger partial charge in [0.25, 0.3) is 0 Å². The summed E-state index contributed by atoms with van der Waals surface area (Å²) in [6.07, 6.45) is 6.74. The Morgan fingerprint density at radius 2 is 2.35 bits per heavy atom. The number of hydrogen-bond acceptors (Lipinski definition) is 5. The molecule has 0 spiro atoms. The summed E-state index contributed by atoms with van der Waals surface area (Å²) in [5, 5.41) is 8.75. The van der Waals surface area contributed by atoms with E-state index < -0.39 is 0 Å². The Hall–Kier alpha value is -1.86. The normalized spacial score (nSPS) is 17.6. The van der Waals surface area contributed by atoms with Crippen molar-refractivity contribution in [1.29, 1.82) is 0 Å². The smallest absolute Gasteiger partial charge is 0.191 e. The van der Waals surface area contributed by atoms with Crippen LogP contribution in [0.1, 0.15) is 23.2 Å². The Bertz CT molecular complexity index is 747. The molecule has 8 heteroatoms. The number of anilines is 1. The fraction of sp³-hybridized carbons (Fsp3) is 0.500. The van der Waals surface area contributed by atoms with Crippen LogP contribution >= 0.6 is 22.9 Å². The highest BCUT2D eigenvalue weighted by Crippen LogP contribution is 2.25. The summed E-state index contributed by atoms with van der Waals surface area (Å²) in [5.41, 5.74) is 0. The van der Waals surface area contributed by atoms with Crippen molar-refractivity contribution in [3.8, 4) is 0 Å². The first kappa shape index (κ1) is 18.9. The lowest BCUT2D eigenvalue weighted by Gasteiger charge is -2.20. The van der Waals surface area contributed by atoms with Crippen molar-refractivity contribution in [3.05, 3.63) is 39.4 Å². The van der Waals surface area contributed by atoms with Crippen LogP contribution in [0.3, 0.4) is 0 Å². The highest BCUT2D eigenvalue weighted by Gasteiger charge is 2.25. The predicted octanol–water partition coefficient (Wildman–Crippen LogP) is 2.74. The second-order valence-electron chi connectivity index (χ2n) is 6.21. The number of aryl methyl sites for hydroxylation is 1. The van der Waals surface area contributed by atoms with Gasteiger partial charge in [0.15, 0.2) is 5.96 Å². The fourth-order valence-electron chi connectivity index (χ4n) is 2.98. The number of pyridine rings is 1. The molecule has 3 rings (SSSR count). The molecule has 26 heavy (non-hydrogen) atoms. The van der Waals surface area contributed by atoms with Crippen molar-refractivity contribution in [2.45, 2.75) is 32.2 Å². The van der Waals surface area contributed by atoms with Crippen LogP contribution in [0.5, 0.6) is 0 Å². The van der Waals surface area contributed by atoms with Crippen molar-refractivity contribution in [2.24, 2.45) is 4.99 Å². The van der Waals surface area contributed by atoms with Crippen LogP contribution in [0.4, 0.5) is 5.82 Å². The van der Waals surface area contributed by atoms with Gasteiger partial charge in [0.2, 0.25) is 0 Å². The van der Waals surface area contributed by atoms with Crippen LogP contribution in [-0.4, -0.2) is 48.7 Å². The molecule has 1 saturated heterocycles. The summed E-state index contributed by atoms with van der Waals surface area (Å²) in [5.74, 6) is 1.69. The lowest BCUT2D eigenvalue weighted by atomic mass is 10.3. The van der Waals surface area contributed by atoms with Gasteiger partial charge in [0.05, 0.1) is 10.0 Å². The van der Waals surface area contributed by atoms with E-state index in [4.69, 9.17) is 11.6 Å². The highest BCUT2D eigenvalue weighted by molar-refractivity contribution is 7.11. The van der Waals surface area contributed by atoms with Crippen molar-refractivity contribution < 1.29 is 0 Å². The SMILES string of the molecule is CCc1cnc(CCNC(=NC)NC2CCN(c3ncccc3Cl)C2)s1. The van der Waals surface area contributed by atoms with E-state index in [0.717, 1.165) is 50.7 Å². The van der Waals surface area contributed by atoms with E-state index in [1.165, 1.54) is 9.88 Å². The van der Waals surface area contributed by atoms with Gasteiger partial charge >= 0.3 is 0 Å². The van der Waals surface area contributed by atoms with Crippen molar-refractivity contribution >= 4 is 34.7 Å². The minimum atomic E-state index is 0.325. The van der Waals surface area contributed by atoms with Gasteiger partial charge in [-0.15, -0.1) is 11.3 Å². The molecule has 1 atom stereocenters. The topological polar surface area (TPSA) is 65.4 Å². The summed E-state index contributed by atoms with van der Waals surface area (Å²) in [6.45, 7) is 4.78. The quantitative estimate of drug-likeness (QED) is 0.584. The molecule has 1 fully saturated rings. The third kappa shape index (κ3) is 4.86. The Labute approximate surface area is 163 Å². The summed E-state index contributed by atoms with van der Waals surface area (Å²) in [7, 11) is 1.80. The number of nitrogens with one attached hydrogen (secondary N) is 2. The molecule has 2 aromatic rings. The van der Waals surface area contributed by atoms with Crippen LogP contribution < -0.4 is 15.5 Å². The molecule has 3 heterocycles. The third-order valence-electron chi connectivity index (χ3n) is 4.37. The van der Waals surface area contributed by atoms with E-state index in [1.54, 1.807) is 24.6 Å². The molecule has 6 nitrogen and oxygen atoms in total. The first-order valence-electron chi connectivity index (χ1n) is 8.95. The molecule has 0 saturated carbocycles. The highest BCUT2D eigenvalue weighted by atomic mass is 35.5. The van der Waals surface area contributed by atoms with E-state index in [1.807, 2.05) is 18.3 Å². The molecule has 1 aliphatic rings. The molecule has 140 valence electrons. The molecular formula is C18H25ClN6S. The van der Waals surface area contributed by atoms with Crippen molar-refractivity contribution in [3.63, 3.8) is 0 Å². The number of nitrogens with zero attached hydrogens (tertiary/aromatic N) is 4. The van der Waals surface area contributed by atoms with Gasteiger partial charge in [-0.05, 0) is 25.0 Å². The number of halogens is 1. The second kappa shape index (κ2) is 9.19. The average molecular weight is 393 g/mol. The Balaban J connectivity index is 1.46. The Morgan fingerprint density at radius 3 is 3.08 bits per heavy atom. The van der Waals surface area contributed by atoms with Gasteiger partial charge in [-0.25, -0.2) is 9.97 Å². The molecule has 1 unspecified atom stereocenters.